The smallest absolute Gasteiger partial charge is 0.348 e. The predicted octanol–water partition coefficient (Wildman–Crippen LogP) is 3.42. The SMILES string of the molecule is Cc1nn(C)cc1CNC(=O)c1cc(NC(=O)C2CCC2)cc(C(F)(F)F)c1. The first-order chi connectivity index (χ1) is 13.1. The molecule has 0 spiro atoms. The lowest BCUT2D eigenvalue weighted by Crippen LogP contribution is -2.28. The minimum absolute atomic E-state index is 0.0329. The van der Waals surface area contributed by atoms with Crippen molar-refractivity contribution in [1.82, 2.24) is 15.1 Å². The van der Waals surface area contributed by atoms with Crippen LogP contribution in [0.1, 0.15) is 46.4 Å². The number of nitrogens with zero attached hydrogens (tertiary/aromatic N) is 2. The highest BCUT2D eigenvalue weighted by Crippen LogP contribution is 2.33. The normalized spacial score (nSPS) is 14.5. The minimum atomic E-state index is -4.63. The first kappa shape index (κ1) is 19.9. The van der Waals surface area contributed by atoms with Gasteiger partial charge in [0.05, 0.1) is 11.3 Å². The molecule has 1 fully saturated rings. The number of carbonyl (C=O) groups excluding carboxylic acids is 2. The number of carbonyl (C=O) groups is 2. The summed E-state index contributed by atoms with van der Waals surface area (Å²) >= 11 is 0. The third-order valence-corrected chi connectivity index (χ3v) is 4.82. The Morgan fingerprint density at radius 1 is 1.25 bits per heavy atom. The Morgan fingerprint density at radius 2 is 1.96 bits per heavy atom. The maximum atomic E-state index is 13.2. The van der Waals surface area contributed by atoms with Crippen LogP contribution in [0.25, 0.3) is 0 Å². The summed E-state index contributed by atoms with van der Waals surface area (Å²) in [6, 6.07) is 2.89. The molecule has 0 saturated heterocycles. The van der Waals surface area contributed by atoms with Crippen molar-refractivity contribution in [1.29, 1.82) is 0 Å². The molecule has 28 heavy (non-hydrogen) atoms. The van der Waals surface area contributed by atoms with Crippen LogP contribution in [0.5, 0.6) is 0 Å². The van der Waals surface area contributed by atoms with E-state index >= 15 is 0 Å². The Hall–Kier alpha value is -2.84. The van der Waals surface area contributed by atoms with Gasteiger partial charge >= 0.3 is 6.18 Å². The molecule has 2 amide bonds. The van der Waals surface area contributed by atoms with E-state index < -0.39 is 17.6 Å². The zero-order chi connectivity index (χ0) is 20.5. The molecule has 0 bridgehead atoms. The number of amides is 2. The number of aryl methyl sites for hydroxylation is 2. The quantitative estimate of drug-likeness (QED) is 0.816. The summed E-state index contributed by atoms with van der Waals surface area (Å²) in [6.45, 7) is 1.92. The molecule has 2 N–H and O–H groups in total. The molecular weight excluding hydrogens is 373 g/mol. The van der Waals surface area contributed by atoms with E-state index in [2.05, 4.69) is 15.7 Å². The Labute approximate surface area is 160 Å². The number of alkyl halides is 3. The first-order valence-corrected chi connectivity index (χ1v) is 8.94. The number of halogens is 3. The van der Waals surface area contributed by atoms with Gasteiger partial charge in [-0.05, 0) is 38.0 Å². The average molecular weight is 394 g/mol. The highest BCUT2D eigenvalue weighted by atomic mass is 19.4. The van der Waals surface area contributed by atoms with E-state index in [-0.39, 0.29) is 29.6 Å². The Kier molecular flexibility index (Phi) is 5.44. The van der Waals surface area contributed by atoms with Gasteiger partial charge in [0.15, 0.2) is 0 Å². The van der Waals surface area contributed by atoms with E-state index in [1.807, 2.05) is 0 Å². The predicted molar refractivity (Wildman–Crippen MR) is 96.5 cm³/mol. The fraction of sp³-hybridized carbons (Fsp3) is 0.421. The van der Waals surface area contributed by atoms with Gasteiger partial charge in [-0.1, -0.05) is 6.42 Å². The lowest BCUT2D eigenvalue weighted by Gasteiger charge is -2.24. The van der Waals surface area contributed by atoms with Crippen LogP contribution >= 0.6 is 0 Å². The monoisotopic (exact) mass is 394 g/mol. The molecule has 2 aromatic rings. The molecule has 1 aromatic heterocycles. The Bertz CT molecular complexity index is 901. The van der Waals surface area contributed by atoms with Gasteiger partial charge in [-0.2, -0.15) is 18.3 Å². The number of hydrogen-bond acceptors (Lipinski definition) is 3. The van der Waals surface area contributed by atoms with Crippen molar-refractivity contribution in [3.8, 4) is 0 Å². The summed E-state index contributed by atoms with van der Waals surface area (Å²) in [7, 11) is 1.74. The summed E-state index contributed by atoms with van der Waals surface area (Å²) in [6.07, 6.45) is -0.522. The number of anilines is 1. The van der Waals surface area contributed by atoms with Crippen LogP contribution in [0.3, 0.4) is 0 Å². The van der Waals surface area contributed by atoms with Crippen molar-refractivity contribution in [2.75, 3.05) is 5.32 Å². The second-order valence-electron chi connectivity index (χ2n) is 7.01. The van der Waals surface area contributed by atoms with E-state index in [0.29, 0.717) is 0 Å². The van der Waals surface area contributed by atoms with E-state index in [1.165, 1.54) is 6.07 Å². The molecular formula is C19H21F3N4O2. The molecule has 0 aliphatic heterocycles. The molecule has 1 saturated carbocycles. The van der Waals surface area contributed by atoms with Crippen molar-refractivity contribution in [2.45, 2.75) is 38.9 Å². The van der Waals surface area contributed by atoms with E-state index in [1.54, 1.807) is 24.9 Å². The molecule has 3 rings (SSSR count). The van der Waals surface area contributed by atoms with Crippen LogP contribution in [0.2, 0.25) is 0 Å². The van der Waals surface area contributed by atoms with Crippen LogP contribution in [0.15, 0.2) is 24.4 Å². The summed E-state index contributed by atoms with van der Waals surface area (Å²) < 4.78 is 41.3. The zero-order valence-corrected chi connectivity index (χ0v) is 15.6. The fourth-order valence-corrected chi connectivity index (χ4v) is 3.01. The van der Waals surface area contributed by atoms with Crippen molar-refractivity contribution in [2.24, 2.45) is 13.0 Å². The molecule has 6 nitrogen and oxygen atoms in total. The molecule has 9 heteroatoms. The van der Waals surface area contributed by atoms with E-state index in [0.717, 1.165) is 42.7 Å². The summed E-state index contributed by atoms with van der Waals surface area (Å²) in [5.74, 6) is -1.16. The van der Waals surface area contributed by atoms with Gasteiger partial charge in [-0.15, -0.1) is 0 Å². The average Bonchev–Trinajstić information content (AvgIpc) is 2.87. The Balaban J connectivity index is 1.79. The third kappa shape index (κ3) is 4.52. The molecule has 1 aliphatic rings. The molecule has 150 valence electrons. The van der Waals surface area contributed by atoms with Gasteiger partial charge in [0.2, 0.25) is 5.91 Å². The maximum Gasteiger partial charge on any atom is 0.416 e. The van der Waals surface area contributed by atoms with Crippen LogP contribution in [0, 0.1) is 12.8 Å². The van der Waals surface area contributed by atoms with Crippen LogP contribution in [0.4, 0.5) is 18.9 Å². The van der Waals surface area contributed by atoms with Gasteiger partial charge in [0, 0.05) is 42.5 Å². The summed E-state index contributed by atoms with van der Waals surface area (Å²) in [5.41, 5.74) is 0.304. The first-order valence-electron chi connectivity index (χ1n) is 8.94. The number of nitrogens with one attached hydrogen (secondary N) is 2. The molecule has 0 atom stereocenters. The summed E-state index contributed by atoms with van der Waals surface area (Å²) in [5, 5.41) is 9.26. The van der Waals surface area contributed by atoms with Crippen molar-refractivity contribution in [3.63, 3.8) is 0 Å². The number of benzene rings is 1. The molecule has 1 heterocycles. The van der Waals surface area contributed by atoms with Gasteiger partial charge in [0.1, 0.15) is 0 Å². The topological polar surface area (TPSA) is 76.0 Å². The van der Waals surface area contributed by atoms with Crippen molar-refractivity contribution >= 4 is 17.5 Å². The number of hydrogen-bond donors (Lipinski definition) is 2. The van der Waals surface area contributed by atoms with Gasteiger partial charge in [-0.3, -0.25) is 14.3 Å². The van der Waals surface area contributed by atoms with E-state index in [4.69, 9.17) is 0 Å². The number of aromatic nitrogens is 2. The second kappa shape index (κ2) is 7.65. The maximum absolute atomic E-state index is 13.2. The van der Waals surface area contributed by atoms with Gasteiger partial charge < -0.3 is 10.6 Å². The summed E-state index contributed by atoms with van der Waals surface area (Å²) in [4.78, 5) is 24.5. The second-order valence-corrected chi connectivity index (χ2v) is 7.01. The van der Waals surface area contributed by atoms with Crippen molar-refractivity contribution < 1.29 is 22.8 Å². The van der Waals surface area contributed by atoms with Crippen molar-refractivity contribution in [3.05, 3.63) is 46.8 Å². The Morgan fingerprint density at radius 3 is 2.50 bits per heavy atom. The zero-order valence-electron chi connectivity index (χ0n) is 15.6. The largest absolute Gasteiger partial charge is 0.416 e. The molecule has 0 radical (unpaired) electrons. The third-order valence-electron chi connectivity index (χ3n) is 4.82. The lowest BCUT2D eigenvalue weighted by molar-refractivity contribution is -0.137. The standard InChI is InChI=1S/C19H21F3N4O2/c1-11-14(10-26(2)25-11)9-23-17(27)13-6-15(19(20,21)22)8-16(7-13)24-18(28)12-4-3-5-12/h6-8,10,12H,3-5,9H2,1-2H3,(H,23,27)(H,24,28). The molecule has 0 unspecified atom stereocenters. The lowest BCUT2D eigenvalue weighted by atomic mass is 9.85. The minimum Gasteiger partial charge on any atom is -0.348 e. The van der Waals surface area contributed by atoms with Crippen LogP contribution in [-0.4, -0.2) is 21.6 Å². The molecule has 1 aliphatic carbocycles. The van der Waals surface area contributed by atoms with Gasteiger partial charge in [-0.25, -0.2) is 0 Å². The molecule has 1 aromatic carbocycles. The van der Waals surface area contributed by atoms with Gasteiger partial charge in [0.25, 0.3) is 5.91 Å². The van der Waals surface area contributed by atoms with Crippen LogP contribution in [-0.2, 0) is 24.6 Å². The highest BCUT2D eigenvalue weighted by molar-refractivity contribution is 5.98. The fourth-order valence-electron chi connectivity index (χ4n) is 3.01. The van der Waals surface area contributed by atoms with Crippen LogP contribution < -0.4 is 10.6 Å². The highest BCUT2D eigenvalue weighted by Gasteiger charge is 2.32. The number of rotatable bonds is 5. The van der Waals surface area contributed by atoms with E-state index in [9.17, 15) is 22.8 Å².